The molecule has 1 heterocycles. The predicted molar refractivity (Wildman–Crippen MR) is 96.4 cm³/mol. The van der Waals surface area contributed by atoms with E-state index < -0.39 is 0 Å². The molecule has 0 saturated carbocycles. The third-order valence-corrected chi connectivity index (χ3v) is 4.46. The summed E-state index contributed by atoms with van der Waals surface area (Å²) >= 11 is 0. The molecule has 0 fully saturated rings. The molecule has 1 N–H and O–H groups in total. The van der Waals surface area contributed by atoms with Crippen molar-refractivity contribution in [2.24, 2.45) is 0 Å². The maximum absolute atomic E-state index is 12.2. The maximum Gasteiger partial charge on any atom is 0.261 e. The van der Waals surface area contributed by atoms with Gasteiger partial charge >= 0.3 is 0 Å². The summed E-state index contributed by atoms with van der Waals surface area (Å²) in [6, 6.07) is 7.57. The summed E-state index contributed by atoms with van der Waals surface area (Å²) in [5, 5.41) is 2.87. The monoisotopic (exact) mass is 345 g/mol. The van der Waals surface area contributed by atoms with Crippen LogP contribution in [0.4, 0.5) is 0 Å². The Hall–Kier alpha value is -2.21. The van der Waals surface area contributed by atoms with Crippen molar-refractivity contribution >= 4 is 17.7 Å². The molecule has 1 aliphatic heterocycles. The topological polar surface area (TPSA) is 69.7 Å². The number of nitrogens with one attached hydrogen (secondary N) is 1. The Balaban J connectivity index is 1.80. The van der Waals surface area contributed by atoms with E-state index in [1.807, 2.05) is 0 Å². The highest BCUT2D eigenvalue weighted by Gasteiger charge is 2.34. The minimum atomic E-state index is -0.320. The lowest BCUT2D eigenvalue weighted by atomic mass is 10.1. The molecule has 25 heavy (non-hydrogen) atoms. The van der Waals surface area contributed by atoms with Crippen LogP contribution in [0.5, 0.6) is 0 Å². The number of carbonyl (C=O) groups is 3. The van der Waals surface area contributed by atoms with Gasteiger partial charge in [-0.2, -0.15) is 0 Å². The van der Waals surface area contributed by atoms with Crippen molar-refractivity contribution in [1.82, 2.24) is 15.1 Å². The van der Waals surface area contributed by atoms with E-state index in [4.69, 9.17) is 0 Å². The van der Waals surface area contributed by atoms with Crippen LogP contribution in [0.2, 0.25) is 0 Å². The second-order valence-electron chi connectivity index (χ2n) is 6.83. The van der Waals surface area contributed by atoms with Gasteiger partial charge in [0.15, 0.2) is 0 Å². The number of imide groups is 1. The Morgan fingerprint density at radius 3 is 2.04 bits per heavy atom. The summed E-state index contributed by atoms with van der Waals surface area (Å²) in [5.41, 5.74) is 0.829. The van der Waals surface area contributed by atoms with Crippen LogP contribution in [-0.2, 0) is 4.79 Å². The Morgan fingerprint density at radius 2 is 1.56 bits per heavy atom. The van der Waals surface area contributed by atoms with Crippen molar-refractivity contribution in [2.75, 3.05) is 19.6 Å². The maximum atomic E-state index is 12.2. The molecule has 6 heteroatoms. The molecule has 1 aromatic rings. The van der Waals surface area contributed by atoms with Gasteiger partial charge in [0.2, 0.25) is 5.91 Å². The zero-order valence-corrected chi connectivity index (χ0v) is 15.4. The molecular weight excluding hydrogens is 318 g/mol. The fraction of sp³-hybridized carbons (Fsp3) is 0.526. The van der Waals surface area contributed by atoms with Crippen LogP contribution in [-0.4, -0.2) is 59.2 Å². The minimum absolute atomic E-state index is 0.107. The van der Waals surface area contributed by atoms with Gasteiger partial charge in [-0.15, -0.1) is 0 Å². The lowest BCUT2D eigenvalue weighted by Crippen LogP contribution is -2.43. The summed E-state index contributed by atoms with van der Waals surface area (Å²) in [7, 11) is 0. The molecule has 3 amide bonds. The van der Waals surface area contributed by atoms with Crippen molar-refractivity contribution in [3.63, 3.8) is 0 Å². The number of hydrogen-bond acceptors (Lipinski definition) is 4. The molecule has 2 rings (SSSR count). The summed E-state index contributed by atoms with van der Waals surface area (Å²) in [4.78, 5) is 40.0. The molecule has 0 bridgehead atoms. The molecule has 1 aromatic carbocycles. The lowest BCUT2D eigenvalue weighted by molar-refractivity contribution is -0.121. The Kier molecular flexibility index (Phi) is 6.31. The van der Waals surface area contributed by atoms with Gasteiger partial charge in [-0.3, -0.25) is 24.2 Å². The van der Waals surface area contributed by atoms with Crippen molar-refractivity contribution in [3.05, 3.63) is 35.4 Å². The fourth-order valence-electron chi connectivity index (χ4n) is 3.18. The molecule has 0 unspecified atom stereocenters. The van der Waals surface area contributed by atoms with E-state index >= 15 is 0 Å². The van der Waals surface area contributed by atoms with Gasteiger partial charge < -0.3 is 5.32 Å². The predicted octanol–water partition coefficient (Wildman–Crippen LogP) is 1.91. The zero-order chi connectivity index (χ0) is 18.6. The fourth-order valence-corrected chi connectivity index (χ4v) is 3.18. The van der Waals surface area contributed by atoms with E-state index in [1.165, 1.54) is 0 Å². The quantitative estimate of drug-likeness (QED) is 0.731. The number of carbonyl (C=O) groups excluding carboxylic acids is 3. The number of hydrogen-bond donors (Lipinski definition) is 1. The highest BCUT2D eigenvalue weighted by atomic mass is 16.2. The molecular formula is C19H27N3O3. The van der Waals surface area contributed by atoms with Crippen molar-refractivity contribution < 1.29 is 14.4 Å². The number of benzene rings is 1. The summed E-state index contributed by atoms with van der Waals surface area (Å²) in [6.45, 7) is 9.95. The summed E-state index contributed by atoms with van der Waals surface area (Å²) in [5.74, 6) is -0.789. The van der Waals surface area contributed by atoms with Gasteiger partial charge in [0.25, 0.3) is 11.8 Å². The standard InChI is InChI=1S/C19H27N3O3/c1-13(2)21(14(3)4)12-10-20-17(23)9-11-22-18(24)15-7-5-6-8-16(15)19(22)25/h5-8,13-14H,9-12H2,1-4H3,(H,20,23). The molecule has 136 valence electrons. The molecule has 0 aliphatic carbocycles. The Morgan fingerprint density at radius 1 is 1.04 bits per heavy atom. The molecule has 0 radical (unpaired) electrons. The van der Waals surface area contributed by atoms with Crippen molar-refractivity contribution in [2.45, 2.75) is 46.2 Å². The van der Waals surface area contributed by atoms with Gasteiger partial charge in [-0.25, -0.2) is 0 Å². The summed E-state index contributed by atoms with van der Waals surface area (Å²) in [6.07, 6.45) is 0.120. The SMILES string of the molecule is CC(C)N(CCNC(=O)CCN1C(=O)c2ccccc2C1=O)C(C)C. The van der Waals surface area contributed by atoms with E-state index in [0.717, 1.165) is 11.4 Å². The number of rotatable bonds is 8. The third-order valence-electron chi connectivity index (χ3n) is 4.46. The average Bonchev–Trinajstić information content (AvgIpc) is 2.80. The van der Waals surface area contributed by atoms with Gasteiger partial charge in [-0.05, 0) is 39.8 Å². The van der Waals surface area contributed by atoms with Crippen LogP contribution >= 0.6 is 0 Å². The second kappa shape index (κ2) is 8.25. The molecule has 0 aromatic heterocycles. The molecule has 0 atom stereocenters. The second-order valence-corrected chi connectivity index (χ2v) is 6.83. The molecule has 0 saturated heterocycles. The van der Waals surface area contributed by atoms with Crippen LogP contribution in [0.25, 0.3) is 0 Å². The third kappa shape index (κ3) is 4.45. The van der Waals surface area contributed by atoms with Gasteiger partial charge in [0.05, 0.1) is 11.1 Å². The van der Waals surface area contributed by atoms with Crippen LogP contribution in [0.1, 0.15) is 54.8 Å². The molecule has 0 spiro atoms. The zero-order valence-electron chi connectivity index (χ0n) is 15.4. The van der Waals surface area contributed by atoms with Gasteiger partial charge in [-0.1, -0.05) is 12.1 Å². The smallest absolute Gasteiger partial charge is 0.261 e. The lowest BCUT2D eigenvalue weighted by Gasteiger charge is -2.30. The van der Waals surface area contributed by atoms with Crippen LogP contribution < -0.4 is 5.32 Å². The van der Waals surface area contributed by atoms with E-state index in [9.17, 15) is 14.4 Å². The minimum Gasteiger partial charge on any atom is -0.355 e. The van der Waals surface area contributed by atoms with Crippen LogP contribution in [0.15, 0.2) is 24.3 Å². The molecule has 6 nitrogen and oxygen atoms in total. The normalized spacial score (nSPS) is 14.0. The first kappa shape index (κ1) is 19.1. The number of nitrogens with zero attached hydrogens (tertiary/aromatic N) is 2. The van der Waals surface area contributed by atoms with Gasteiger partial charge in [0, 0.05) is 38.1 Å². The van der Waals surface area contributed by atoms with Crippen molar-refractivity contribution in [1.29, 1.82) is 0 Å². The van der Waals surface area contributed by atoms with Crippen LogP contribution in [0.3, 0.4) is 0 Å². The Bertz CT molecular complexity index is 612. The average molecular weight is 345 g/mol. The van der Waals surface area contributed by atoms with E-state index in [1.54, 1.807) is 24.3 Å². The largest absolute Gasteiger partial charge is 0.355 e. The number of fused-ring (bicyclic) bond motifs is 1. The first-order chi connectivity index (χ1) is 11.8. The van der Waals surface area contributed by atoms with Crippen molar-refractivity contribution in [3.8, 4) is 0 Å². The van der Waals surface area contributed by atoms with E-state index in [-0.39, 0.29) is 30.7 Å². The van der Waals surface area contributed by atoms with Gasteiger partial charge in [0.1, 0.15) is 0 Å². The summed E-state index contributed by atoms with van der Waals surface area (Å²) < 4.78 is 0. The van der Waals surface area contributed by atoms with E-state index in [2.05, 4.69) is 37.9 Å². The first-order valence-corrected chi connectivity index (χ1v) is 8.80. The van der Waals surface area contributed by atoms with E-state index in [0.29, 0.717) is 29.8 Å². The number of amides is 3. The highest BCUT2D eigenvalue weighted by molar-refractivity contribution is 6.21. The first-order valence-electron chi connectivity index (χ1n) is 8.80. The van der Waals surface area contributed by atoms with Crippen LogP contribution in [0, 0.1) is 0 Å². The highest BCUT2D eigenvalue weighted by Crippen LogP contribution is 2.22. The molecule has 1 aliphatic rings. The Labute approximate surface area is 149 Å².